The van der Waals surface area contributed by atoms with Gasteiger partial charge in [0.05, 0.1) is 12.8 Å². The summed E-state index contributed by atoms with van der Waals surface area (Å²) in [7, 11) is 1.60. The van der Waals surface area contributed by atoms with Gasteiger partial charge in [0.15, 0.2) is 4.96 Å². The Bertz CT molecular complexity index is 1120. The number of nitrogens with zero attached hydrogens (tertiary/aromatic N) is 2. The van der Waals surface area contributed by atoms with Gasteiger partial charge in [0.2, 0.25) is 5.91 Å². The number of imidazole rings is 1. The van der Waals surface area contributed by atoms with Crippen LogP contribution < -0.4 is 10.1 Å². The first-order chi connectivity index (χ1) is 13.6. The van der Waals surface area contributed by atoms with E-state index >= 15 is 0 Å². The molecule has 142 valence electrons. The number of halogens is 1. The van der Waals surface area contributed by atoms with E-state index in [0.717, 1.165) is 22.1 Å². The highest BCUT2D eigenvalue weighted by Crippen LogP contribution is 2.26. The maximum atomic E-state index is 14.0. The first-order valence-electron chi connectivity index (χ1n) is 8.78. The number of benzene rings is 2. The van der Waals surface area contributed by atoms with Gasteiger partial charge in [-0.05, 0) is 42.8 Å². The summed E-state index contributed by atoms with van der Waals surface area (Å²) in [6, 6.07) is 13.8. The van der Waals surface area contributed by atoms with Gasteiger partial charge in [0, 0.05) is 34.9 Å². The maximum Gasteiger partial charge on any atom is 0.224 e. The van der Waals surface area contributed by atoms with Gasteiger partial charge < -0.3 is 10.1 Å². The molecule has 2 heterocycles. The first-order valence-corrected chi connectivity index (χ1v) is 9.66. The topological polar surface area (TPSA) is 55.6 Å². The summed E-state index contributed by atoms with van der Waals surface area (Å²) < 4.78 is 21.0. The summed E-state index contributed by atoms with van der Waals surface area (Å²) in [6.45, 7) is 0. The van der Waals surface area contributed by atoms with Crippen LogP contribution in [0.15, 0.2) is 60.1 Å². The van der Waals surface area contributed by atoms with Crippen molar-refractivity contribution >= 4 is 27.9 Å². The predicted octanol–water partition coefficient (Wildman–Crippen LogP) is 4.78. The highest BCUT2D eigenvalue weighted by Gasteiger charge is 2.13. The van der Waals surface area contributed by atoms with E-state index in [1.165, 1.54) is 17.4 Å². The van der Waals surface area contributed by atoms with E-state index in [0.29, 0.717) is 24.1 Å². The van der Waals surface area contributed by atoms with Crippen LogP contribution in [0.4, 0.5) is 10.1 Å². The molecule has 0 aliphatic carbocycles. The van der Waals surface area contributed by atoms with Crippen molar-refractivity contribution < 1.29 is 13.9 Å². The number of fused-ring (bicyclic) bond motifs is 1. The summed E-state index contributed by atoms with van der Waals surface area (Å²) in [4.78, 5) is 17.5. The van der Waals surface area contributed by atoms with Gasteiger partial charge in [-0.15, -0.1) is 11.3 Å². The molecule has 2 aromatic carbocycles. The molecular weight excluding hydrogens is 377 g/mol. The Morgan fingerprint density at radius 3 is 2.75 bits per heavy atom. The number of amides is 1. The molecule has 0 spiro atoms. The Morgan fingerprint density at radius 2 is 2.00 bits per heavy atom. The molecule has 0 saturated carbocycles. The lowest BCUT2D eigenvalue weighted by Crippen LogP contribution is -2.12. The van der Waals surface area contributed by atoms with Crippen molar-refractivity contribution in [1.29, 1.82) is 0 Å². The number of ether oxygens (including phenoxy) is 1. The van der Waals surface area contributed by atoms with Crippen molar-refractivity contribution in [3.8, 4) is 17.0 Å². The third kappa shape index (κ3) is 3.75. The van der Waals surface area contributed by atoms with E-state index in [4.69, 9.17) is 4.74 Å². The Balaban J connectivity index is 1.44. The minimum atomic E-state index is -0.298. The van der Waals surface area contributed by atoms with Crippen molar-refractivity contribution in [1.82, 2.24) is 9.38 Å². The molecular formula is C21H18FN3O2S. The summed E-state index contributed by atoms with van der Waals surface area (Å²) in [6.07, 6.45) is 2.72. The number of methoxy groups -OCH3 is 1. The van der Waals surface area contributed by atoms with Crippen LogP contribution in [0.2, 0.25) is 0 Å². The molecule has 1 N–H and O–H groups in total. The molecule has 0 fully saturated rings. The molecule has 28 heavy (non-hydrogen) atoms. The predicted molar refractivity (Wildman–Crippen MR) is 108 cm³/mol. The van der Waals surface area contributed by atoms with Crippen LogP contribution in [0.5, 0.6) is 5.75 Å². The zero-order valence-corrected chi connectivity index (χ0v) is 16.0. The Labute approximate surface area is 165 Å². The number of rotatable bonds is 6. The molecule has 2 aromatic heterocycles. The number of nitrogens with one attached hydrogen (secondary N) is 1. The lowest BCUT2D eigenvalue weighted by molar-refractivity contribution is -0.116. The van der Waals surface area contributed by atoms with Crippen molar-refractivity contribution in [2.45, 2.75) is 12.8 Å². The number of aromatic nitrogens is 2. The van der Waals surface area contributed by atoms with Crippen LogP contribution in [-0.4, -0.2) is 22.4 Å². The van der Waals surface area contributed by atoms with E-state index < -0.39 is 0 Å². The minimum Gasteiger partial charge on any atom is -0.497 e. The van der Waals surface area contributed by atoms with Crippen LogP contribution in [0, 0.1) is 5.82 Å². The average molecular weight is 395 g/mol. The van der Waals surface area contributed by atoms with Crippen LogP contribution in [0.1, 0.15) is 12.1 Å². The molecule has 0 aliphatic rings. The number of anilines is 1. The largest absolute Gasteiger partial charge is 0.497 e. The van der Waals surface area contributed by atoms with E-state index in [9.17, 15) is 9.18 Å². The standard InChI is InChI=1S/C21H18FN3O2S/c1-27-16-9-6-14(7-10-16)23-20(26)11-8-15-13-28-21-24-19(12-25(15)21)17-4-2-3-5-18(17)22/h2-7,9-10,12-13H,8,11H2,1H3,(H,23,26). The van der Waals surface area contributed by atoms with Crippen molar-refractivity contribution in [3.63, 3.8) is 0 Å². The molecule has 5 nitrogen and oxygen atoms in total. The third-order valence-corrected chi connectivity index (χ3v) is 5.30. The highest BCUT2D eigenvalue weighted by molar-refractivity contribution is 7.15. The molecule has 1 amide bonds. The zero-order chi connectivity index (χ0) is 19.5. The van der Waals surface area contributed by atoms with E-state index in [-0.39, 0.29) is 11.7 Å². The lowest BCUT2D eigenvalue weighted by Gasteiger charge is -2.06. The second-order valence-corrected chi connectivity index (χ2v) is 7.10. The molecule has 4 rings (SSSR count). The number of carbonyl (C=O) groups is 1. The lowest BCUT2D eigenvalue weighted by atomic mass is 10.1. The second kappa shape index (κ2) is 7.82. The zero-order valence-electron chi connectivity index (χ0n) is 15.2. The third-order valence-electron chi connectivity index (χ3n) is 4.42. The molecule has 0 atom stereocenters. The van der Waals surface area contributed by atoms with Gasteiger partial charge in [-0.3, -0.25) is 9.20 Å². The van der Waals surface area contributed by atoms with E-state index in [2.05, 4.69) is 10.3 Å². The van der Waals surface area contributed by atoms with E-state index in [1.807, 2.05) is 16.0 Å². The fourth-order valence-electron chi connectivity index (χ4n) is 2.95. The van der Waals surface area contributed by atoms with Gasteiger partial charge in [0.25, 0.3) is 0 Å². The summed E-state index contributed by atoms with van der Waals surface area (Å²) in [5.74, 6) is 0.372. The highest BCUT2D eigenvalue weighted by atomic mass is 32.1. The van der Waals surface area contributed by atoms with Gasteiger partial charge in [0.1, 0.15) is 11.6 Å². The SMILES string of the molecule is COc1ccc(NC(=O)CCc2csc3nc(-c4ccccc4F)cn23)cc1. The van der Waals surface area contributed by atoms with Crippen LogP contribution >= 0.6 is 11.3 Å². The van der Waals surface area contributed by atoms with Gasteiger partial charge in [-0.25, -0.2) is 9.37 Å². The number of aryl methyl sites for hydroxylation is 1. The first kappa shape index (κ1) is 18.2. The van der Waals surface area contributed by atoms with Crippen molar-refractivity contribution in [2.75, 3.05) is 12.4 Å². The molecule has 4 aromatic rings. The number of hydrogen-bond acceptors (Lipinski definition) is 4. The molecule has 0 aliphatic heterocycles. The smallest absolute Gasteiger partial charge is 0.224 e. The average Bonchev–Trinajstić information content (AvgIpc) is 3.28. The molecule has 0 unspecified atom stereocenters. The minimum absolute atomic E-state index is 0.0704. The summed E-state index contributed by atoms with van der Waals surface area (Å²) in [5.41, 5.74) is 2.76. The van der Waals surface area contributed by atoms with E-state index in [1.54, 1.807) is 49.6 Å². The van der Waals surface area contributed by atoms with Crippen molar-refractivity contribution in [3.05, 3.63) is 71.6 Å². The Morgan fingerprint density at radius 1 is 1.21 bits per heavy atom. The molecule has 7 heteroatoms. The summed E-state index contributed by atoms with van der Waals surface area (Å²) >= 11 is 1.48. The fourth-order valence-corrected chi connectivity index (χ4v) is 3.85. The van der Waals surface area contributed by atoms with Gasteiger partial charge in [-0.1, -0.05) is 12.1 Å². The molecule has 0 bridgehead atoms. The van der Waals surface area contributed by atoms with Crippen LogP contribution in [0.3, 0.4) is 0 Å². The Hall–Kier alpha value is -3.19. The quantitative estimate of drug-likeness (QED) is 0.511. The van der Waals surface area contributed by atoms with Crippen LogP contribution in [-0.2, 0) is 11.2 Å². The maximum absolute atomic E-state index is 14.0. The normalized spacial score (nSPS) is 10.9. The fraction of sp³-hybridized carbons (Fsp3) is 0.143. The Kier molecular flexibility index (Phi) is 5.08. The van der Waals surface area contributed by atoms with Crippen LogP contribution in [0.25, 0.3) is 16.2 Å². The monoisotopic (exact) mass is 395 g/mol. The van der Waals surface area contributed by atoms with Crippen molar-refractivity contribution in [2.24, 2.45) is 0 Å². The molecule has 0 saturated heterocycles. The summed E-state index contributed by atoms with van der Waals surface area (Å²) in [5, 5.41) is 4.86. The van der Waals surface area contributed by atoms with Gasteiger partial charge >= 0.3 is 0 Å². The van der Waals surface area contributed by atoms with Gasteiger partial charge in [-0.2, -0.15) is 0 Å². The number of hydrogen-bond donors (Lipinski definition) is 1. The number of carbonyl (C=O) groups excluding carboxylic acids is 1. The molecule has 0 radical (unpaired) electrons. The second-order valence-electron chi connectivity index (χ2n) is 6.26. The number of thiazole rings is 1.